The molecule has 1 saturated heterocycles. The number of nitrogens with one attached hydrogen (secondary N) is 1. The predicted molar refractivity (Wildman–Crippen MR) is 184 cm³/mol. The molecule has 3 heterocycles. The molecule has 0 bridgehead atoms. The fourth-order valence-electron chi connectivity index (χ4n) is 8.10. The van der Waals surface area contributed by atoms with Crippen molar-refractivity contribution in [1.29, 1.82) is 0 Å². The highest BCUT2D eigenvalue weighted by atomic mass is 16.6. The van der Waals surface area contributed by atoms with E-state index in [1.54, 1.807) is 12.0 Å². The number of fused-ring (bicyclic) bond motifs is 6. The molecular formula is C40H37N3O6. The largest absolute Gasteiger partial charge is 0.497 e. The van der Waals surface area contributed by atoms with E-state index in [4.69, 9.17) is 14.2 Å². The van der Waals surface area contributed by atoms with Gasteiger partial charge in [-0.3, -0.25) is 9.69 Å². The summed E-state index contributed by atoms with van der Waals surface area (Å²) in [5.41, 5.74) is 8.07. The first-order chi connectivity index (χ1) is 24.0. The van der Waals surface area contributed by atoms with E-state index in [1.165, 1.54) is 12.0 Å². The number of rotatable bonds is 6. The lowest BCUT2D eigenvalue weighted by Gasteiger charge is -2.43. The van der Waals surface area contributed by atoms with Crippen LogP contribution in [-0.2, 0) is 25.5 Å². The number of carbonyl (C=O) groups excluding carboxylic acids is 3. The fourth-order valence-corrected chi connectivity index (χ4v) is 8.10. The van der Waals surface area contributed by atoms with Gasteiger partial charge in [0.05, 0.1) is 20.3 Å². The van der Waals surface area contributed by atoms with Gasteiger partial charge in [-0.15, -0.1) is 0 Å². The Balaban J connectivity index is 1.12. The molecule has 0 spiro atoms. The molecule has 49 heavy (non-hydrogen) atoms. The molecule has 3 atom stereocenters. The Bertz CT molecular complexity index is 2020. The molecule has 4 aromatic carbocycles. The molecule has 5 aromatic rings. The average molecular weight is 656 g/mol. The molecule has 2 aliphatic heterocycles. The van der Waals surface area contributed by atoms with Crippen LogP contribution >= 0.6 is 0 Å². The van der Waals surface area contributed by atoms with Crippen molar-refractivity contribution in [1.82, 2.24) is 14.8 Å². The molecule has 1 N–H and O–H groups in total. The molecule has 1 aromatic heterocycles. The quantitative estimate of drug-likeness (QED) is 0.207. The van der Waals surface area contributed by atoms with Crippen molar-refractivity contribution in [3.8, 4) is 16.9 Å². The second kappa shape index (κ2) is 12.5. The van der Waals surface area contributed by atoms with Crippen LogP contribution in [0, 0.1) is 0 Å². The van der Waals surface area contributed by atoms with Crippen molar-refractivity contribution < 1.29 is 28.6 Å². The van der Waals surface area contributed by atoms with Crippen LogP contribution in [0.25, 0.3) is 22.0 Å². The first kappa shape index (κ1) is 30.7. The lowest BCUT2D eigenvalue weighted by molar-refractivity contribution is -0.156. The van der Waals surface area contributed by atoms with Crippen LogP contribution in [0.3, 0.4) is 0 Å². The standard InChI is InChI=1S/C40H37N3O6/c1-47-25-19-17-24(18-20-25)37-36-31(30-14-7-8-15-33(30)41-36)22-35(39(45)48-2)43(37)38(44)34-16-9-21-42(34)40(46)49-23-32-28-12-5-3-10-26(28)27-11-4-6-13-29(27)32/h3-8,10-15,17-20,32,34-35,37,41H,9,16,21-23H2,1-2H3/t34-,35-,37+/m0/s1. The Hall–Kier alpha value is -5.57. The summed E-state index contributed by atoms with van der Waals surface area (Å²) < 4.78 is 16.8. The minimum absolute atomic E-state index is 0.0983. The number of carbonyl (C=O) groups is 3. The second-order valence-electron chi connectivity index (χ2n) is 12.9. The highest BCUT2D eigenvalue weighted by Crippen LogP contribution is 2.45. The first-order valence-corrected chi connectivity index (χ1v) is 16.7. The number of benzene rings is 4. The molecule has 0 unspecified atom stereocenters. The van der Waals surface area contributed by atoms with Gasteiger partial charge in [-0.05, 0) is 64.4 Å². The number of amides is 2. The van der Waals surface area contributed by atoms with E-state index < -0.39 is 30.2 Å². The van der Waals surface area contributed by atoms with Crippen molar-refractivity contribution in [2.45, 2.75) is 43.3 Å². The number of hydrogen-bond donors (Lipinski definition) is 1. The van der Waals surface area contributed by atoms with Crippen molar-refractivity contribution in [2.75, 3.05) is 27.4 Å². The number of H-pyrrole nitrogens is 1. The summed E-state index contributed by atoms with van der Waals surface area (Å²) >= 11 is 0. The third kappa shape index (κ3) is 5.12. The zero-order valence-electron chi connectivity index (χ0n) is 27.4. The van der Waals surface area contributed by atoms with E-state index in [2.05, 4.69) is 29.2 Å². The molecule has 8 rings (SSSR count). The lowest BCUT2D eigenvalue weighted by atomic mass is 9.87. The van der Waals surface area contributed by atoms with Gasteiger partial charge in [0.15, 0.2) is 0 Å². The van der Waals surface area contributed by atoms with E-state index in [-0.39, 0.29) is 24.9 Å². The Labute approximate surface area is 284 Å². The zero-order valence-corrected chi connectivity index (χ0v) is 27.4. The number of methoxy groups -OCH3 is 2. The molecular weight excluding hydrogens is 618 g/mol. The Morgan fingerprint density at radius 3 is 2.18 bits per heavy atom. The van der Waals surface area contributed by atoms with Crippen LogP contribution < -0.4 is 4.74 Å². The summed E-state index contributed by atoms with van der Waals surface area (Å²) in [6, 6.07) is 29.5. The zero-order chi connectivity index (χ0) is 33.6. The lowest BCUT2D eigenvalue weighted by Crippen LogP contribution is -2.57. The minimum atomic E-state index is -0.902. The van der Waals surface area contributed by atoms with E-state index in [9.17, 15) is 14.4 Å². The van der Waals surface area contributed by atoms with Gasteiger partial charge in [-0.1, -0.05) is 78.9 Å². The summed E-state index contributed by atoms with van der Waals surface area (Å²) in [4.78, 5) is 49.0. The third-order valence-corrected chi connectivity index (χ3v) is 10.4. The number of aromatic amines is 1. The Morgan fingerprint density at radius 1 is 0.816 bits per heavy atom. The highest BCUT2D eigenvalue weighted by molar-refractivity contribution is 5.94. The SMILES string of the molecule is COC(=O)[C@@H]1Cc2c([nH]c3ccccc23)[C@@H](c2ccc(OC)cc2)N1C(=O)[C@@H]1CCCN1C(=O)OCC1c2ccccc2-c2ccccc21. The van der Waals surface area contributed by atoms with Gasteiger partial charge in [0.2, 0.25) is 5.91 Å². The van der Waals surface area contributed by atoms with E-state index in [0.29, 0.717) is 25.1 Å². The number of nitrogens with zero attached hydrogens (tertiary/aromatic N) is 2. The number of hydrogen-bond acceptors (Lipinski definition) is 6. The topological polar surface area (TPSA) is 101 Å². The van der Waals surface area contributed by atoms with E-state index >= 15 is 0 Å². The van der Waals surface area contributed by atoms with Crippen molar-refractivity contribution in [3.63, 3.8) is 0 Å². The molecule has 0 radical (unpaired) electrons. The van der Waals surface area contributed by atoms with E-state index in [1.807, 2.05) is 72.8 Å². The average Bonchev–Trinajstić information content (AvgIpc) is 3.87. The molecule has 9 heteroatoms. The van der Waals surface area contributed by atoms with Gasteiger partial charge in [0.1, 0.15) is 24.4 Å². The number of esters is 1. The highest BCUT2D eigenvalue weighted by Gasteiger charge is 2.48. The van der Waals surface area contributed by atoms with Crippen LogP contribution in [0.1, 0.15) is 52.7 Å². The maximum Gasteiger partial charge on any atom is 0.410 e. The summed E-state index contributed by atoms with van der Waals surface area (Å²) in [7, 11) is 2.95. The van der Waals surface area contributed by atoms with Crippen LogP contribution in [0.2, 0.25) is 0 Å². The maximum absolute atomic E-state index is 14.9. The van der Waals surface area contributed by atoms with Crippen molar-refractivity contribution >= 4 is 28.9 Å². The number of aromatic nitrogens is 1. The van der Waals surface area contributed by atoms with Crippen LogP contribution in [0.4, 0.5) is 4.79 Å². The van der Waals surface area contributed by atoms with Gasteiger partial charge in [0, 0.05) is 35.5 Å². The molecule has 1 fully saturated rings. The van der Waals surface area contributed by atoms with Gasteiger partial charge in [-0.25, -0.2) is 9.59 Å². The van der Waals surface area contributed by atoms with Crippen molar-refractivity contribution in [2.24, 2.45) is 0 Å². The molecule has 0 saturated carbocycles. The fraction of sp³-hybridized carbons (Fsp3) is 0.275. The maximum atomic E-state index is 14.9. The first-order valence-electron chi connectivity index (χ1n) is 16.7. The number of para-hydroxylation sites is 1. The molecule has 2 amide bonds. The molecule has 1 aliphatic carbocycles. The smallest absolute Gasteiger partial charge is 0.410 e. The normalized spacial score (nSPS) is 19.7. The van der Waals surface area contributed by atoms with Crippen molar-refractivity contribution in [3.05, 3.63) is 125 Å². The van der Waals surface area contributed by atoms with Gasteiger partial charge in [-0.2, -0.15) is 0 Å². The predicted octanol–water partition coefficient (Wildman–Crippen LogP) is 6.61. The summed E-state index contributed by atoms with van der Waals surface area (Å²) in [6.07, 6.45) is 0.851. The van der Waals surface area contributed by atoms with Gasteiger partial charge in [0.25, 0.3) is 0 Å². The monoisotopic (exact) mass is 655 g/mol. The Morgan fingerprint density at radius 2 is 1.49 bits per heavy atom. The number of ether oxygens (including phenoxy) is 3. The summed E-state index contributed by atoms with van der Waals surface area (Å²) in [5, 5.41) is 0.998. The van der Waals surface area contributed by atoms with E-state index in [0.717, 1.165) is 50.0 Å². The van der Waals surface area contributed by atoms with Crippen LogP contribution in [0.15, 0.2) is 97.1 Å². The summed E-state index contributed by atoms with van der Waals surface area (Å²) in [6.45, 7) is 0.542. The third-order valence-electron chi connectivity index (χ3n) is 10.4. The van der Waals surface area contributed by atoms with Gasteiger partial charge >= 0.3 is 12.1 Å². The second-order valence-corrected chi connectivity index (χ2v) is 12.9. The summed E-state index contributed by atoms with van der Waals surface area (Å²) in [5.74, 6) is -0.241. The molecule has 248 valence electrons. The molecule has 9 nitrogen and oxygen atoms in total. The number of likely N-dealkylation sites (tertiary alicyclic amines) is 1. The van der Waals surface area contributed by atoms with Crippen LogP contribution in [-0.4, -0.2) is 72.2 Å². The van der Waals surface area contributed by atoms with Crippen LogP contribution in [0.5, 0.6) is 5.75 Å². The minimum Gasteiger partial charge on any atom is -0.497 e. The molecule has 3 aliphatic rings. The Kier molecular flexibility index (Phi) is 7.82. The van der Waals surface area contributed by atoms with Gasteiger partial charge < -0.3 is 24.1 Å².